The van der Waals surface area contributed by atoms with Crippen LogP contribution in [0.25, 0.3) is 0 Å². The SMILES string of the molecule is CC(=O)Nc1cccc(C(C)NC(C)CN)c1. The van der Waals surface area contributed by atoms with Crippen molar-refractivity contribution in [2.24, 2.45) is 5.73 Å². The molecule has 2 atom stereocenters. The Morgan fingerprint density at radius 2 is 2.12 bits per heavy atom. The van der Waals surface area contributed by atoms with Gasteiger partial charge in [-0.05, 0) is 31.5 Å². The number of hydrogen-bond donors (Lipinski definition) is 3. The molecule has 4 heteroatoms. The number of rotatable bonds is 5. The van der Waals surface area contributed by atoms with E-state index >= 15 is 0 Å². The van der Waals surface area contributed by atoms with Crippen LogP contribution in [0.1, 0.15) is 32.4 Å². The third kappa shape index (κ3) is 4.54. The molecule has 0 bridgehead atoms. The van der Waals surface area contributed by atoms with Crippen LogP contribution in [0.5, 0.6) is 0 Å². The van der Waals surface area contributed by atoms with Crippen LogP contribution in [0.3, 0.4) is 0 Å². The van der Waals surface area contributed by atoms with E-state index in [9.17, 15) is 4.79 Å². The number of amides is 1. The fraction of sp³-hybridized carbons (Fsp3) is 0.462. The minimum atomic E-state index is -0.0573. The van der Waals surface area contributed by atoms with Crippen molar-refractivity contribution in [3.63, 3.8) is 0 Å². The monoisotopic (exact) mass is 235 g/mol. The van der Waals surface area contributed by atoms with Gasteiger partial charge >= 0.3 is 0 Å². The average Bonchev–Trinajstić information content (AvgIpc) is 2.28. The Labute approximate surface area is 103 Å². The maximum absolute atomic E-state index is 11.0. The van der Waals surface area contributed by atoms with Gasteiger partial charge in [-0.15, -0.1) is 0 Å². The van der Waals surface area contributed by atoms with Crippen molar-refractivity contribution in [1.29, 1.82) is 0 Å². The molecule has 2 unspecified atom stereocenters. The molecule has 0 aliphatic heterocycles. The van der Waals surface area contributed by atoms with E-state index in [2.05, 4.69) is 17.6 Å². The van der Waals surface area contributed by atoms with Gasteiger partial charge in [-0.1, -0.05) is 12.1 Å². The first-order chi connectivity index (χ1) is 8.02. The highest BCUT2D eigenvalue weighted by Gasteiger charge is 2.08. The van der Waals surface area contributed by atoms with Crippen LogP contribution in [0.4, 0.5) is 5.69 Å². The molecule has 0 spiro atoms. The van der Waals surface area contributed by atoms with Crippen molar-refractivity contribution in [2.45, 2.75) is 32.9 Å². The normalized spacial score (nSPS) is 14.1. The highest BCUT2D eigenvalue weighted by molar-refractivity contribution is 5.88. The van der Waals surface area contributed by atoms with Crippen molar-refractivity contribution in [1.82, 2.24) is 5.32 Å². The highest BCUT2D eigenvalue weighted by atomic mass is 16.1. The number of nitrogens with two attached hydrogens (primary N) is 1. The average molecular weight is 235 g/mol. The Balaban J connectivity index is 2.73. The fourth-order valence-corrected chi connectivity index (χ4v) is 1.68. The van der Waals surface area contributed by atoms with Crippen LogP contribution in [0.15, 0.2) is 24.3 Å². The van der Waals surface area contributed by atoms with Gasteiger partial charge in [0, 0.05) is 31.2 Å². The molecule has 0 saturated heterocycles. The molecule has 0 aliphatic rings. The largest absolute Gasteiger partial charge is 0.329 e. The van der Waals surface area contributed by atoms with Crippen molar-refractivity contribution in [2.75, 3.05) is 11.9 Å². The first-order valence-corrected chi connectivity index (χ1v) is 5.86. The summed E-state index contributed by atoms with van der Waals surface area (Å²) in [6.45, 7) is 6.24. The first kappa shape index (κ1) is 13.7. The second kappa shape index (κ2) is 6.37. The van der Waals surface area contributed by atoms with Crippen LogP contribution in [0, 0.1) is 0 Å². The van der Waals surface area contributed by atoms with Gasteiger partial charge in [0.15, 0.2) is 0 Å². The third-order valence-electron chi connectivity index (χ3n) is 2.60. The zero-order valence-corrected chi connectivity index (χ0v) is 10.7. The van der Waals surface area contributed by atoms with E-state index in [4.69, 9.17) is 5.73 Å². The smallest absolute Gasteiger partial charge is 0.221 e. The molecule has 0 radical (unpaired) electrons. The molecule has 1 aromatic carbocycles. The lowest BCUT2D eigenvalue weighted by Gasteiger charge is -2.19. The Kier molecular flexibility index (Phi) is 5.12. The summed E-state index contributed by atoms with van der Waals surface area (Å²) < 4.78 is 0. The van der Waals surface area contributed by atoms with Crippen molar-refractivity contribution in [3.05, 3.63) is 29.8 Å². The van der Waals surface area contributed by atoms with E-state index in [1.54, 1.807) is 0 Å². The quantitative estimate of drug-likeness (QED) is 0.727. The summed E-state index contributed by atoms with van der Waals surface area (Å²) in [5, 5.41) is 6.16. The molecular weight excluding hydrogens is 214 g/mol. The molecule has 1 rings (SSSR count). The minimum Gasteiger partial charge on any atom is -0.329 e. The van der Waals surface area contributed by atoms with E-state index in [-0.39, 0.29) is 18.0 Å². The number of carbonyl (C=O) groups excluding carboxylic acids is 1. The van der Waals surface area contributed by atoms with Gasteiger partial charge in [0.05, 0.1) is 0 Å². The van der Waals surface area contributed by atoms with Gasteiger partial charge in [-0.3, -0.25) is 4.79 Å². The lowest BCUT2D eigenvalue weighted by molar-refractivity contribution is -0.114. The molecule has 4 nitrogen and oxygen atoms in total. The number of anilines is 1. The standard InChI is InChI=1S/C13H21N3O/c1-9(8-14)15-10(2)12-5-4-6-13(7-12)16-11(3)17/h4-7,9-10,15H,8,14H2,1-3H3,(H,16,17). The lowest BCUT2D eigenvalue weighted by atomic mass is 10.1. The third-order valence-corrected chi connectivity index (χ3v) is 2.60. The van der Waals surface area contributed by atoms with Gasteiger partial charge in [0.2, 0.25) is 5.91 Å². The molecule has 4 N–H and O–H groups in total. The van der Waals surface area contributed by atoms with Crippen LogP contribution in [-0.2, 0) is 4.79 Å². The Bertz CT molecular complexity index is 379. The highest BCUT2D eigenvalue weighted by Crippen LogP contribution is 2.17. The fourth-order valence-electron chi connectivity index (χ4n) is 1.68. The van der Waals surface area contributed by atoms with Gasteiger partial charge in [0.1, 0.15) is 0 Å². The molecule has 0 aromatic heterocycles. The number of nitrogens with one attached hydrogen (secondary N) is 2. The predicted octanol–water partition coefficient (Wildman–Crippen LogP) is 1.64. The summed E-state index contributed by atoms with van der Waals surface area (Å²) in [4.78, 5) is 11.0. The van der Waals surface area contributed by atoms with E-state index in [1.165, 1.54) is 6.92 Å². The van der Waals surface area contributed by atoms with Crippen molar-refractivity contribution < 1.29 is 4.79 Å². The van der Waals surface area contributed by atoms with E-state index in [0.717, 1.165) is 11.3 Å². The van der Waals surface area contributed by atoms with Crippen LogP contribution in [-0.4, -0.2) is 18.5 Å². The maximum Gasteiger partial charge on any atom is 0.221 e. The zero-order chi connectivity index (χ0) is 12.8. The maximum atomic E-state index is 11.0. The van der Waals surface area contributed by atoms with Crippen LogP contribution < -0.4 is 16.4 Å². The summed E-state index contributed by atoms with van der Waals surface area (Å²) in [5.41, 5.74) is 7.53. The molecular formula is C13H21N3O. The molecule has 0 fully saturated rings. The van der Waals surface area contributed by atoms with Crippen LogP contribution >= 0.6 is 0 Å². The van der Waals surface area contributed by atoms with Crippen molar-refractivity contribution in [3.8, 4) is 0 Å². The second-order valence-electron chi connectivity index (χ2n) is 4.33. The topological polar surface area (TPSA) is 67.2 Å². The molecule has 0 heterocycles. The molecule has 0 saturated carbocycles. The van der Waals surface area contributed by atoms with Crippen LogP contribution in [0.2, 0.25) is 0 Å². The number of hydrogen-bond acceptors (Lipinski definition) is 3. The zero-order valence-electron chi connectivity index (χ0n) is 10.7. The summed E-state index contributed by atoms with van der Waals surface area (Å²) in [7, 11) is 0. The van der Waals surface area contributed by atoms with Crippen molar-refractivity contribution >= 4 is 11.6 Å². The predicted molar refractivity (Wildman–Crippen MR) is 70.8 cm³/mol. The summed E-state index contributed by atoms with van der Waals surface area (Å²) in [5.74, 6) is -0.0573. The second-order valence-corrected chi connectivity index (χ2v) is 4.33. The summed E-state index contributed by atoms with van der Waals surface area (Å²) in [6, 6.07) is 8.31. The Morgan fingerprint density at radius 1 is 1.41 bits per heavy atom. The Morgan fingerprint density at radius 3 is 2.71 bits per heavy atom. The molecule has 1 amide bonds. The summed E-state index contributed by atoms with van der Waals surface area (Å²) >= 11 is 0. The minimum absolute atomic E-state index is 0.0573. The number of benzene rings is 1. The van der Waals surface area contributed by atoms with E-state index in [0.29, 0.717) is 6.54 Å². The lowest BCUT2D eigenvalue weighted by Crippen LogP contribution is -2.35. The Hall–Kier alpha value is -1.39. The molecule has 0 aliphatic carbocycles. The number of carbonyl (C=O) groups is 1. The summed E-state index contributed by atoms with van der Waals surface area (Å²) in [6.07, 6.45) is 0. The van der Waals surface area contributed by atoms with E-state index in [1.807, 2.05) is 31.2 Å². The van der Waals surface area contributed by atoms with Gasteiger partial charge in [-0.2, -0.15) is 0 Å². The molecule has 1 aromatic rings. The first-order valence-electron chi connectivity index (χ1n) is 5.86. The van der Waals surface area contributed by atoms with E-state index < -0.39 is 0 Å². The van der Waals surface area contributed by atoms with Gasteiger partial charge in [0.25, 0.3) is 0 Å². The van der Waals surface area contributed by atoms with Gasteiger partial charge in [-0.25, -0.2) is 0 Å². The van der Waals surface area contributed by atoms with Gasteiger partial charge < -0.3 is 16.4 Å². The molecule has 17 heavy (non-hydrogen) atoms. The molecule has 94 valence electrons.